The van der Waals surface area contributed by atoms with Gasteiger partial charge in [-0.2, -0.15) is 0 Å². The van der Waals surface area contributed by atoms with Crippen molar-refractivity contribution in [1.82, 2.24) is 0 Å². The summed E-state index contributed by atoms with van der Waals surface area (Å²) in [5, 5.41) is 0. The summed E-state index contributed by atoms with van der Waals surface area (Å²) in [5.74, 6) is 0.562. The number of hydrogen-bond acceptors (Lipinski definition) is 3. The molecule has 5 aliphatic rings. The molecule has 34 heavy (non-hydrogen) atoms. The third-order valence-electron chi connectivity index (χ3n) is 9.02. The van der Waals surface area contributed by atoms with Crippen molar-refractivity contribution in [2.75, 3.05) is 36.0 Å². The van der Waals surface area contributed by atoms with Gasteiger partial charge in [0.1, 0.15) is 0 Å². The summed E-state index contributed by atoms with van der Waals surface area (Å²) in [7, 11) is 0. The van der Waals surface area contributed by atoms with Crippen LogP contribution in [0.2, 0.25) is 0 Å². The van der Waals surface area contributed by atoms with Gasteiger partial charge in [0.05, 0.1) is 0 Å². The number of ketones is 1. The van der Waals surface area contributed by atoms with E-state index >= 15 is 0 Å². The Morgan fingerprint density at radius 3 is 1.74 bits per heavy atom. The Kier molecular flexibility index (Phi) is 5.07. The van der Waals surface area contributed by atoms with E-state index in [0.29, 0.717) is 5.78 Å². The van der Waals surface area contributed by atoms with Crippen LogP contribution in [0.15, 0.2) is 29.8 Å². The van der Waals surface area contributed by atoms with E-state index in [2.05, 4.69) is 40.1 Å². The van der Waals surface area contributed by atoms with Gasteiger partial charge in [-0.1, -0.05) is 12.1 Å². The first-order valence-electron chi connectivity index (χ1n) is 13.8. The minimum Gasteiger partial charge on any atom is -0.371 e. The molecule has 176 valence electrons. The Bertz CT molecular complexity index is 1130. The molecular formula is C31H36N2O. The van der Waals surface area contributed by atoms with E-state index in [1.165, 1.54) is 122 Å². The van der Waals surface area contributed by atoms with E-state index in [1.54, 1.807) is 0 Å². The molecule has 1 saturated carbocycles. The monoisotopic (exact) mass is 452 g/mol. The fourth-order valence-electron chi connectivity index (χ4n) is 7.58. The van der Waals surface area contributed by atoms with Crippen molar-refractivity contribution in [2.24, 2.45) is 5.92 Å². The van der Waals surface area contributed by atoms with E-state index in [1.807, 2.05) is 0 Å². The lowest BCUT2D eigenvalue weighted by atomic mass is 9.87. The van der Waals surface area contributed by atoms with Gasteiger partial charge in [0.15, 0.2) is 5.78 Å². The first kappa shape index (κ1) is 20.8. The van der Waals surface area contributed by atoms with Crippen molar-refractivity contribution >= 4 is 23.2 Å². The normalized spacial score (nSPS) is 24.4. The number of hydrogen-bond donors (Lipinski definition) is 0. The average molecular weight is 453 g/mol. The number of carbonyl (C=O) groups excluding carboxylic acids is 1. The van der Waals surface area contributed by atoms with Crippen LogP contribution in [0.1, 0.15) is 71.9 Å². The molecule has 1 aliphatic carbocycles. The van der Waals surface area contributed by atoms with Gasteiger partial charge in [-0.3, -0.25) is 4.79 Å². The SMILES string of the molecule is O=C1C(=Cc2cc3c4c(c2)CCCN4CCC3)CCC1Cc1cc2c3c(c1)CCCN3CCC2. The van der Waals surface area contributed by atoms with Crippen LogP contribution in [0, 0.1) is 5.92 Å². The fourth-order valence-corrected chi connectivity index (χ4v) is 7.58. The van der Waals surface area contributed by atoms with E-state index in [0.717, 1.165) is 24.8 Å². The Hall–Kier alpha value is -2.55. The Balaban J connectivity index is 1.13. The lowest BCUT2D eigenvalue weighted by Gasteiger charge is -2.37. The number of benzene rings is 2. The van der Waals surface area contributed by atoms with Crippen LogP contribution in [0.5, 0.6) is 0 Å². The van der Waals surface area contributed by atoms with Crippen LogP contribution in [0.4, 0.5) is 11.4 Å². The van der Waals surface area contributed by atoms with Gasteiger partial charge in [-0.15, -0.1) is 0 Å². The molecule has 1 atom stereocenters. The van der Waals surface area contributed by atoms with Crippen LogP contribution < -0.4 is 9.80 Å². The largest absolute Gasteiger partial charge is 0.371 e. The minimum absolute atomic E-state index is 0.159. The average Bonchev–Trinajstić information content (AvgIpc) is 3.18. The van der Waals surface area contributed by atoms with Crippen molar-refractivity contribution in [3.8, 4) is 0 Å². The predicted molar refractivity (Wildman–Crippen MR) is 140 cm³/mol. The van der Waals surface area contributed by atoms with Gasteiger partial charge in [-0.25, -0.2) is 0 Å². The van der Waals surface area contributed by atoms with Gasteiger partial charge >= 0.3 is 0 Å². The topological polar surface area (TPSA) is 23.6 Å². The molecule has 1 fully saturated rings. The number of carbonyl (C=O) groups is 1. The van der Waals surface area contributed by atoms with E-state index in [4.69, 9.17) is 0 Å². The number of rotatable bonds is 3. The number of allylic oxidation sites excluding steroid dienone is 1. The second kappa shape index (κ2) is 8.29. The highest BCUT2D eigenvalue weighted by atomic mass is 16.1. The third-order valence-corrected chi connectivity index (χ3v) is 9.02. The molecule has 3 nitrogen and oxygen atoms in total. The standard InChI is InChI=1S/C31H36N2O/c34-31-27(19-21-15-23-5-1-11-32-12-2-6-24(16-21)29(23)32)9-10-28(31)20-22-17-25-7-3-13-33-14-4-8-26(18-22)30(25)33/h15-19,28H,1-14,20H2. The van der Waals surface area contributed by atoms with Gasteiger partial charge in [0, 0.05) is 43.5 Å². The zero-order valence-electron chi connectivity index (χ0n) is 20.4. The molecule has 2 aromatic carbocycles. The van der Waals surface area contributed by atoms with Crippen molar-refractivity contribution < 1.29 is 4.79 Å². The molecule has 0 bridgehead atoms. The summed E-state index contributed by atoms with van der Waals surface area (Å²) in [6, 6.07) is 9.63. The molecule has 2 aromatic rings. The van der Waals surface area contributed by atoms with Gasteiger partial charge < -0.3 is 9.80 Å². The molecule has 0 spiro atoms. The number of aryl methyl sites for hydroxylation is 4. The Morgan fingerprint density at radius 1 is 0.706 bits per heavy atom. The molecule has 0 radical (unpaired) electrons. The van der Waals surface area contributed by atoms with Crippen LogP contribution in [-0.2, 0) is 36.9 Å². The molecule has 0 aromatic heterocycles. The van der Waals surface area contributed by atoms with Crippen LogP contribution in [-0.4, -0.2) is 32.0 Å². The molecule has 0 saturated heterocycles. The summed E-state index contributed by atoms with van der Waals surface area (Å²) in [6.45, 7) is 4.86. The van der Waals surface area contributed by atoms with Crippen LogP contribution in [0.3, 0.4) is 0 Å². The molecule has 3 heteroatoms. The second-order valence-electron chi connectivity index (χ2n) is 11.3. The lowest BCUT2D eigenvalue weighted by Crippen LogP contribution is -2.34. The Morgan fingerprint density at radius 2 is 1.21 bits per heavy atom. The fraction of sp³-hybridized carbons (Fsp3) is 0.516. The van der Waals surface area contributed by atoms with Crippen molar-refractivity contribution in [3.63, 3.8) is 0 Å². The van der Waals surface area contributed by atoms with Gasteiger partial charge in [0.2, 0.25) is 0 Å². The highest BCUT2D eigenvalue weighted by Crippen LogP contribution is 2.39. The second-order valence-corrected chi connectivity index (χ2v) is 11.3. The zero-order chi connectivity index (χ0) is 22.6. The molecule has 1 unspecified atom stereocenters. The quantitative estimate of drug-likeness (QED) is 0.559. The summed E-state index contributed by atoms with van der Waals surface area (Å²) in [6.07, 6.45) is 14.9. The highest BCUT2D eigenvalue weighted by molar-refractivity contribution is 6.03. The molecule has 0 amide bonds. The number of anilines is 2. The van der Waals surface area contributed by atoms with Crippen molar-refractivity contribution in [3.05, 3.63) is 63.2 Å². The van der Waals surface area contributed by atoms with Crippen LogP contribution >= 0.6 is 0 Å². The summed E-state index contributed by atoms with van der Waals surface area (Å²) in [5.41, 5.74) is 12.9. The van der Waals surface area contributed by atoms with Gasteiger partial charge in [-0.05, 0) is 128 Å². The van der Waals surface area contributed by atoms with E-state index < -0.39 is 0 Å². The maximum Gasteiger partial charge on any atom is 0.162 e. The van der Waals surface area contributed by atoms with E-state index in [-0.39, 0.29) is 5.92 Å². The first-order chi connectivity index (χ1) is 16.7. The Labute approximate surface area is 203 Å². The molecule has 4 heterocycles. The molecule has 0 N–H and O–H groups in total. The molecule has 7 rings (SSSR count). The summed E-state index contributed by atoms with van der Waals surface area (Å²) in [4.78, 5) is 18.6. The van der Waals surface area contributed by atoms with Gasteiger partial charge in [0.25, 0.3) is 0 Å². The molecular weight excluding hydrogens is 416 g/mol. The highest BCUT2D eigenvalue weighted by Gasteiger charge is 2.31. The lowest BCUT2D eigenvalue weighted by molar-refractivity contribution is -0.117. The van der Waals surface area contributed by atoms with Crippen LogP contribution in [0.25, 0.3) is 6.08 Å². The van der Waals surface area contributed by atoms with E-state index in [9.17, 15) is 4.79 Å². The maximum atomic E-state index is 13.4. The number of Topliss-reactive ketones (excluding diaryl/α,β-unsaturated/α-hetero) is 1. The zero-order valence-corrected chi connectivity index (χ0v) is 20.4. The maximum absolute atomic E-state index is 13.4. The van der Waals surface area contributed by atoms with Crippen molar-refractivity contribution in [2.45, 2.75) is 70.6 Å². The minimum atomic E-state index is 0.159. The summed E-state index contributed by atoms with van der Waals surface area (Å²) < 4.78 is 0. The van der Waals surface area contributed by atoms with Crippen molar-refractivity contribution in [1.29, 1.82) is 0 Å². The predicted octanol–water partition coefficient (Wildman–Crippen LogP) is 5.69. The number of nitrogens with zero attached hydrogens (tertiary/aromatic N) is 2. The smallest absolute Gasteiger partial charge is 0.162 e. The summed E-state index contributed by atoms with van der Waals surface area (Å²) >= 11 is 0. The third kappa shape index (κ3) is 3.51. The first-order valence-corrected chi connectivity index (χ1v) is 13.8. The molecule has 4 aliphatic heterocycles.